The van der Waals surface area contributed by atoms with Crippen LogP contribution in [0, 0.1) is 11.8 Å². The molecule has 19 N–H and O–H groups in total. The third-order valence-electron chi connectivity index (χ3n) is 9.69. The standard InChI is InChI=1S/C40H73N13O13S2/c1-19(2)13-25(49-32(58)22(42)17-67)33(59)46-16-29(55)47-23(9-6-7-11-41)34(60)51-27(15-30(56)57)37(63)50-26(14-20(3)4)36(62)48-24(10-8-12-45-40(43)44)35(61)53-31(21(5)54)38(64)52-28(18-68)39(65)66/h19-28,31,54,67-68H,6-18,41-42H2,1-5H3,(H,46,59)(H,47,55)(H,48,62)(H,49,58)(H,50,63)(H,51,60)(H,52,64)(H,53,61)(H,56,57)(H,65,66)(H4,43,44,45)/t21-,22+,23+,24+,25+,26+,27+,28+,31+/m1/s1. The van der Waals surface area contributed by atoms with Crippen molar-refractivity contribution in [2.24, 2.45) is 39.8 Å². The number of carboxylic acids is 2. The first-order valence-electron chi connectivity index (χ1n) is 22.0. The van der Waals surface area contributed by atoms with Crippen molar-refractivity contribution in [2.45, 2.75) is 140 Å². The van der Waals surface area contributed by atoms with Crippen molar-refractivity contribution in [3.05, 3.63) is 0 Å². The number of aliphatic hydroxyl groups excluding tert-OH is 1. The van der Waals surface area contributed by atoms with Crippen LogP contribution in [0.15, 0.2) is 4.99 Å². The summed E-state index contributed by atoms with van der Waals surface area (Å²) in [4.78, 5) is 134. The molecule has 0 fully saturated rings. The lowest BCUT2D eigenvalue weighted by atomic mass is 10.0. The molecule has 0 bridgehead atoms. The van der Waals surface area contributed by atoms with Gasteiger partial charge in [-0.1, -0.05) is 27.7 Å². The number of hydrogen-bond donors (Lipinski definition) is 17. The molecule has 0 aromatic carbocycles. The number of carbonyl (C=O) groups excluding carboxylic acids is 8. The van der Waals surface area contributed by atoms with Gasteiger partial charge in [0.15, 0.2) is 5.96 Å². The summed E-state index contributed by atoms with van der Waals surface area (Å²) >= 11 is 7.89. The largest absolute Gasteiger partial charge is 0.481 e. The van der Waals surface area contributed by atoms with Crippen molar-refractivity contribution in [1.82, 2.24) is 42.5 Å². The number of nitrogens with two attached hydrogens (primary N) is 4. The van der Waals surface area contributed by atoms with E-state index < -0.39 is 127 Å². The Morgan fingerprint density at radius 3 is 1.54 bits per heavy atom. The van der Waals surface area contributed by atoms with Gasteiger partial charge in [-0.2, -0.15) is 25.3 Å². The van der Waals surface area contributed by atoms with Gasteiger partial charge in [-0.25, -0.2) is 4.79 Å². The number of guanidine groups is 1. The van der Waals surface area contributed by atoms with E-state index in [1.54, 1.807) is 13.8 Å². The second-order valence-corrected chi connectivity index (χ2v) is 17.5. The van der Waals surface area contributed by atoms with Crippen LogP contribution in [0.4, 0.5) is 0 Å². The summed E-state index contributed by atoms with van der Waals surface area (Å²) in [5.41, 5.74) is 22.2. The number of aliphatic hydroxyl groups is 1. The molecule has 9 atom stereocenters. The Labute approximate surface area is 406 Å². The minimum atomic E-state index is -1.82. The molecule has 0 saturated heterocycles. The van der Waals surface area contributed by atoms with E-state index in [4.69, 9.17) is 22.9 Å². The lowest BCUT2D eigenvalue weighted by molar-refractivity contribution is -0.142. The number of aliphatic carboxylic acids is 2. The highest BCUT2D eigenvalue weighted by Crippen LogP contribution is 2.11. The minimum absolute atomic E-state index is 0.0133. The Bertz CT molecular complexity index is 1740. The SMILES string of the molecule is CC(C)C[C@H](NC(=O)[C@H](CC(=O)O)NC(=O)[C@H](CCCCN)NC(=O)CNC(=O)[C@H](CC(C)C)NC(=O)[C@@H](N)CS)C(=O)N[C@@H](CCCN=C(N)N)C(=O)N[C@H](C(=O)N[C@@H](CS)C(=O)O)[C@@H](C)O. The number of rotatable bonds is 34. The Hall–Kier alpha value is -5.45. The minimum Gasteiger partial charge on any atom is -0.481 e. The first-order valence-corrected chi connectivity index (χ1v) is 23.3. The molecule has 0 aromatic heterocycles. The van der Waals surface area contributed by atoms with Crippen LogP contribution >= 0.6 is 25.3 Å². The van der Waals surface area contributed by atoms with Crippen LogP contribution < -0.4 is 65.5 Å². The Balaban J connectivity index is 6.47. The van der Waals surface area contributed by atoms with Gasteiger partial charge in [-0.3, -0.25) is 48.1 Å². The summed E-state index contributed by atoms with van der Waals surface area (Å²) in [5, 5.41) is 48.6. The van der Waals surface area contributed by atoms with Gasteiger partial charge in [-0.15, -0.1) is 0 Å². The van der Waals surface area contributed by atoms with Gasteiger partial charge in [0.05, 0.1) is 25.1 Å². The first-order chi connectivity index (χ1) is 31.8. The van der Waals surface area contributed by atoms with Crippen LogP contribution in [0.2, 0.25) is 0 Å². The molecule has 388 valence electrons. The molecule has 0 aromatic rings. The molecule has 0 aliphatic carbocycles. The number of aliphatic imine (C=N–C) groups is 1. The van der Waals surface area contributed by atoms with E-state index in [1.165, 1.54) is 0 Å². The van der Waals surface area contributed by atoms with Crippen molar-refractivity contribution in [3.63, 3.8) is 0 Å². The summed E-state index contributed by atoms with van der Waals surface area (Å²) in [6.07, 6.45) is -1.85. The lowest BCUT2D eigenvalue weighted by Gasteiger charge is -2.28. The summed E-state index contributed by atoms with van der Waals surface area (Å²) in [6, 6.07) is -11.4. The van der Waals surface area contributed by atoms with E-state index in [0.29, 0.717) is 12.8 Å². The normalized spacial score (nSPS) is 15.1. The van der Waals surface area contributed by atoms with Gasteiger partial charge in [0.2, 0.25) is 47.3 Å². The molecular weight excluding hydrogens is 935 g/mol. The fraction of sp³-hybridized carbons (Fsp3) is 0.725. The second-order valence-electron chi connectivity index (χ2n) is 16.8. The molecule has 26 nitrogen and oxygen atoms in total. The number of nitrogens with one attached hydrogen (secondary N) is 8. The van der Waals surface area contributed by atoms with E-state index in [0.717, 1.165) is 6.92 Å². The van der Waals surface area contributed by atoms with Gasteiger partial charge < -0.3 is 80.8 Å². The number of carbonyl (C=O) groups is 10. The van der Waals surface area contributed by atoms with Crippen LogP contribution in [-0.4, -0.2) is 166 Å². The highest BCUT2D eigenvalue weighted by molar-refractivity contribution is 7.80. The van der Waals surface area contributed by atoms with E-state index in [9.17, 15) is 63.3 Å². The predicted octanol–water partition coefficient (Wildman–Crippen LogP) is -5.10. The number of nitrogens with zero attached hydrogens (tertiary/aromatic N) is 1. The zero-order chi connectivity index (χ0) is 52.3. The first kappa shape index (κ1) is 62.5. The van der Waals surface area contributed by atoms with Gasteiger partial charge in [0.25, 0.3) is 0 Å². The van der Waals surface area contributed by atoms with Crippen LogP contribution in [0.1, 0.15) is 86.0 Å². The van der Waals surface area contributed by atoms with Crippen molar-refractivity contribution in [3.8, 4) is 0 Å². The monoisotopic (exact) mass is 1010 g/mol. The molecule has 8 amide bonds. The molecular formula is C40H73N13O13S2. The molecule has 0 heterocycles. The maximum Gasteiger partial charge on any atom is 0.327 e. The summed E-state index contributed by atoms with van der Waals surface area (Å²) in [6.45, 7) is 7.73. The van der Waals surface area contributed by atoms with Crippen LogP contribution in [0.5, 0.6) is 0 Å². The molecule has 0 aliphatic rings. The fourth-order valence-electron chi connectivity index (χ4n) is 6.14. The van der Waals surface area contributed by atoms with Crippen molar-refractivity contribution in [1.29, 1.82) is 0 Å². The van der Waals surface area contributed by atoms with Crippen molar-refractivity contribution in [2.75, 3.05) is 31.1 Å². The molecule has 0 rings (SSSR count). The molecule has 0 saturated carbocycles. The van der Waals surface area contributed by atoms with E-state index >= 15 is 0 Å². The molecule has 0 radical (unpaired) electrons. The molecule has 28 heteroatoms. The average Bonchev–Trinajstić information content (AvgIpc) is 3.24. The molecule has 68 heavy (non-hydrogen) atoms. The number of unbranched alkanes of at least 4 members (excludes halogenated alkanes) is 1. The number of thiol groups is 2. The highest BCUT2D eigenvalue weighted by Gasteiger charge is 2.35. The van der Waals surface area contributed by atoms with Gasteiger partial charge >= 0.3 is 11.9 Å². The smallest absolute Gasteiger partial charge is 0.327 e. The van der Waals surface area contributed by atoms with Gasteiger partial charge in [0, 0.05) is 18.1 Å². The fourth-order valence-corrected chi connectivity index (χ4v) is 6.56. The maximum absolute atomic E-state index is 13.9. The summed E-state index contributed by atoms with van der Waals surface area (Å²) in [5.74, 6) is -11.2. The summed E-state index contributed by atoms with van der Waals surface area (Å²) < 4.78 is 0. The van der Waals surface area contributed by atoms with Gasteiger partial charge in [0.1, 0.15) is 42.3 Å². The topological polar surface area (TPSA) is 444 Å². The van der Waals surface area contributed by atoms with E-state index in [1.807, 2.05) is 13.8 Å². The van der Waals surface area contributed by atoms with Crippen LogP contribution in [0.25, 0.3) is 0 Å². The third kappa shape index (κ3) is 25.6. The molecule has 0 spiro atoms. The lowest BCUT2D eigenvalue weighted by Crippen LogP contribution is -2.61. The van der Waals surface area contributed by atoms with Crippen LogP contribution in [-0.2, 0) is 47.9 Å². The Morgan fingerprint density at radius 2 is 1.04 bits per heavy atom. The highest BCUT2D eigenvalue weighted by atomic mass is 32.1. The molecule has 0 unspecified atom stereocenters. The van der Waals surface area contributed by atoms with E-state index in [-0.39, 0.29) is 74.5 Å². The number of amides is 8. The number of carboxylic acid groups (broad SMARTS) is 2. The average molecular weight is 1010 g/mol. The van der Waals surface area contributed by atoms with E-state index in [2.05, 4.69) is 72.8 Å². The maximum atomic E-state index is 13.9. The predicted molar refractivity (Wildman–Crippen MR) is 256 cm³/mol. The second kappa shape index (κ2) is 33.1. The zero-order valence-electron chi connectivity index (χ0n) is 39.1. The molecule has 0 aliphatic heterocycles. The quantitative estimate of drug-likeness (QED) is 0.0124. The zero-order valence-corrected chi connectivity index (χ0v) is 40.9. The van der Waals surface area contributed by atoms with Crippen molar-refractivity contribution >= 4 is 90.4 Å². The van der Waals surface area contributed by atoms with Crippen LogP contribution in [0.3, 0.4) is 0 Å². The van der Waals surface area contributed by atoms with Gasteiger partial charge in [-0.05, 0) is 70.3 Å². The Kier molecular flexibility index (Phi) is 30.5. The Morgan fingerprint density at radius 1 is 0.574 bits per heavy atom. The number of hydrogen-bond acceptors (Lipinski definition) is 16. The van der Waals surface area contributed by atoms with Crippen molar-refractivity contribution < 1.29 is 63.3 Å². The summed E-state index contributed by atoms with van der Waals surface area (Å²) in [7, 11) is 0. The third-order valence-corrected chi connectivity index (χ3v) is 10.4.